The Kier molecular flexibility index (Phi) is 5.28. The molecule has 6 heteroatoms. The molecule has 0 radical (unpaired) electrons. The van der Waals surface area contributed by atoms with Crippen molar-refractivity contribution in [1.82, 2.24) is 15.1 Å². The minimum atomic E-state index is 0.766. The molecule has 0 unspecified atom stereocenters. The summed E-state index contributed by atoms with van der Waals surface area (Å²) in [5, 5.41) is 11.6. The molecular formula is C23H27N5O. The summed E-state index contributed by atoms with van der Waals surface area (Å²) in [7, 11) is 0. The number of aromatic nitrogens is 2. The molecular weight excluding hydrogens is 362 g/mol. The Morgan fingerprint density at radius 1 is 0.690 bits per heavy atom. The van der Waals surface area contributed by atoms with Crippen LogP contribution >= 0.6 is 0 Å². The Bertz CT molecular complexity index is 942. The summed E-state index contributed by atoms with van der Waals surface area (Å²) in [6.07, 6.45) is 0. The van der Waals surface area contributed by atoms with Gasteiger partial charge in [0.25, 0.3) is 0 Å². The average Bonchev–Trinajstić information content (AvgIpc) is 2.81. The van der Waals surface area contributed by atoms with Gasteiger partial charge in [0.1, 0.15) is 0 Å². The van der Waals surface area contributed by atoms with Crippen molar-refractivity contribution in [2.24, 2.45) is 0 Å². The van der Waals surface area contributed by atoms with Crippen LogP contribution in [0.2, 0.25) is 0 Å². The number of nitrogens with zero attached hydrogens (tertiary/aromatic N) is 5. The molecule has 0 bridgehead atoms. The van der Waals surface area contributed by atoms with Crippen molar-refractivity contribution in [2.75, 3.05) is 62.3 Å². The van der Waals surface area contributed by atoms with Gasteiger partial charge < -0.3 is 14.5 Å². The first-order valence-electron chi connectivity index (χ1n) is 10.5. The maximum Gasteiger partial charge on any atom is 0.151 e. The van der Waals surface area contributed by atoms with Crippen LogP contribution in [0.5, 0.6) is 0 Å². The van der Waals surface area contributed by atoms with Gasteiger partial charge in [0, 0.05) is 45.8 Å². The van der Waals surface area contributed by atoms with Gasteiger partial charge in [0.15, 0.2) is 11.6 Å². The van der Waals surface area contributed by atoms with Crippen molar-refractivity contribution in [3.63, 3.8) is 0 Å². The van der Waals surface area contributed by atoms with E-state index in [-0.39, 0.29) is 0 Å². The third kappa shape index (κ3) is 4.04. The van der Waals surface area contributed by atoms with Crippen LogP contribution in [0.1, 0.15) is 5.56 Å². The lowest BCUT2D eigenvalue weighted by molar-refractivity contribution is 0.122. The van der Waals surface area contributed by atoms with Gasteiger partial charge in [-0.2, -0.15) is 0 Å². The lowest BCUT2D eigenvalue weighted by atomic mass is 10.0. The summed E-state index contributed by atoms with van der Waals surface area (Å²) in [6, 6.07) is 19.5. The van der Waals surface area contributed by atoms with Gasteiger partial charge in [-0.05, 0) is 28.5 Å². The van der Waals surface area contributed by atoms with Crippen LogP contribution < -0.4 is 9.80 Å². The molecule has 0 aliphatic carbocycles. The van der Waals surface area contributed by atoms with E-state index in [9.17, 15) is 0 Å². The first kappa shape index (κ1) is 18.3. The summed E-state index contributed by atoms with van der Waals surface area (Å²) in [5.41, 5.74) is 1.41. The first-order valence-corrected chi connectivity index (χ1v) is 10.5. The summed E-state index contributed by atoms with van der Waals surface area (Å²) >= 11 is 0. The van der Waals surface area contributed by atoms with Crippen LogP contribution in [-0.2, 0) is 11.3 Å². The monoisotopic (exact) mass is 389 g/mol. The van der Waals surface area contributed by atoms with Crippen molar-refractivity contribution >= 4 is 22.4 Å². The van der Waals surface area contributed by atoms with E-state index in [1.807, 2.05) is 0 Å². The molecule has 0 saturated carbocycles. The van der Waals surface area contributed by atoms with Crippen LogP contribution in [0, 0.1) is 0 Å². The second kappa shape index (κ2) is 8.35. The highest BCUT2D eigenvalue weighted by Crippen LogP contribution is 2.22. The standard InChI is InChI=1S/C23H27N5O/c1-2-7-21-19(4-1)5-3-6-20(21)18-26-10-12-27(13-11-26)22-8-9-23(25-24-22)28-14-16-29-17-15-28/h1-9H,10-18H2. The number of benzene rings is 2. The van der Waals surface area contributed by atoms with E-state index in [0.717, 1.165) is 70.7 Å². The van der Waals surface area contributed by atoms with Crippen LogP contribution in [-0.4, -0.2) is 67.6 Å². The molecule has 150 valence electrons. The van der Waals surface area contributed by atoms with Gasteiger partial charge in [-0.15, -0.1) is 10.2 Å². The highest BCUT2D eigenvalue weighted by molar-refractivity contribution is 5.85. The summed E-state index contributed by atoms with van der Waals surface area (Å²) in [4.78, 5) is 7.12. The molecule has 2 aromatic carbocycles. The lowest BCUT2D eigenvalue weighted by Crippen LogP contribution is -2.46. The molecule has 3 heterocycles. The molecule has 2 aliphatic heterocycles. The summed E-state index contributed by atoms with van der Waals surface area (Å²) in [5.74, 6) is 1.93. The molecule has 0 N–H and O–H groups in total. The van der Waals surface area contributed by atoms with E-state index in [1.165, 1.54) is 16.3 Å². The zero-order valence-corrected chi connectivity index (χ0v) is 16.7. The number of morpholine rings is 1. The summed E-state index contributed by atoms with van der Waals surface area (Å²) in [6.45, 7) is 8.35. The molecule has 29 heavy (non-hydrogen) atoms. The topological polar surface area (TPSA) is 44.7 Å². The van der Waals surface area contributed by atoms with Crippen LogP contribution in [0.25, 0.3) is 10.8 Å². The fourth-order valence-electron chi connectivity index (χ4n) is 4.25. The van der Waals surface area contributed by atoms with Gasteiger partial charge in [-0.3, -0.25) is 4.90 Å². The maximum absolute atomic E-state index is 5.41. The second-order valence-corrected chi connectivity index (χ2v) is 7.75. The van der Waals surface area contributed by atoms with E-state index in [0.29, 0.717) is 0 Å². The normalized spacial score (nSPS) is 18.3. The predicted octanol–water partition coefficient (Wildman–Crippen LogP) is 2.79. The van der Waals surface area contributed by atoms with Crippen molar-refractivity contribution in [3.8, 4) is 0 Å². The lowest BCUT2D eigenvalue weighted by Gasteiger charge is -2.35. The van der Waals surface area contributed by atoms with Gasteiger partial charge in [-0.25, -0.2) is 0 Å². The predicted molar refractivity (Wildman–Crippen MR) is 117 cm³/mol. The fraction of sp³-hybridized carbons (Fsp3) is 0.391. The number of hydrogen-bond donors (Lipinski definition) is 0. The van der Waals surface area contributed by atoms with Gasteiger partial charge in [0.2, 0.25) is 0 Å². The quantitative estimate of drug-likeness (QED) is 0.684. The number of fused-ring (bicyclic) bond motifs is 1. The molecule has 3 aromatic rings. The third-order valence-corrected chi connectivity index (χ3v) is 5.94. The van der Waals surface area contributed by atoms with Gasteiger partial charge in [-0.1, -0.05) is 42.5 Å². The number of rotatable bonds is 4. The molecule has 0 spiro atoms. The SMILES string of the molecule is c1ccc2c(CN3CCN(c4ccc(N5CCOCC5)nn4)CC3)cccc2c1. The molecule has 0 amide bonds. The number of hydrogen-bond acceptors (Lipinski definition) is 6. The highest BCUT2D eigenvalue weighted by atomic mass is 16.5. The van der Waals surface area contributed by atoms with Gasteiger partial charge >= 0.3 is 0 Å². The molecule has 2 aliphatic rings. The van der Waals surface area contributed by atoms with Crippen LogP contribution in [0.4, 0.5) is 11.6 Å². The third-order valence-electron chi connectivity index (χ3n) is 5.94. The Morgan fingerprint density at radius 3 is 2.07 bits per heavy atom. The van der Waals surface area contributed by atoms with Crippen molar-refractivity contribution in [1.29, 1.82) is 0 Å². The molecule has 2 saturated heterocycles. The largest absolute Gasteiger partial charge is 0.378 e. The average molecular weight is 390 g/mol. The van der Waals surface area contributed by atoms with Crippen molar-refractivity contribution in [3.05, 3.63) is 60.2 Å². The fourth-order valence-corrected chi connectivity index (χ4v) is 4.25. The smallest absolute Gasteiger partial charge is 0.151 e. The number of ether oxygens (including phenoxy) is 1. The maximum atomic E-state index is 5.41. The number of anilines is 2. The highest BCUT2D eigenvalue weighted by Gasteiger charge is 2.20. The van der Waals surface area contributed by atoms with E-state index in [1.54, 1.807) is 0 Å². The van der Waals surface area contributed by atoms with Crippen molar-refractivity contribution < 1.29 is 4.74 Å². The Labute approximate surface area is 171 Å². The molecule has 0 atom stereocenters. The van der Waals surface area contributed by atoms with E-state index in [4.69, 9.17) is 4.74 Å². The minimum Gasteiger partial charge on any atom is -0.378 e. The zero-order chi connectivity index (χ0) is 19.5. The first-order chi connectivity index (χ1) is 14.4. The second-order valence-electron chi connectivity index (χ2n) is 7.75. The zero-order valence-electron chi connectivity index (χ0n) is 16.7. The molecule has 2 fully saturated rings. The minimum absolute atomic E-state index is 0.766. The van der Waals surface area contributed by atoms with E-state index < -0.39 is 0 Å². The van der Waals surface area contributed by atoms with Crippen molar-refractivity contribution in [2.45, 2.75) is 6.54 Å². The molecule has 5 rings (SSSR count). The van der Waals surface area contributed by atoms with Crippen LogP contribution in [0.3, 0.4) is 0 Å². The van der Waals surface area contributed by atoms with E-state index in [2.05, 4.69) is 79.5 Å². The van der Waals surface area contributed by atoms with Crippen LogP contribution in [0.15, 0.2) is 54.6 Å². The molecule has 6 nitrogen and oxygen atoms in total. The molecule has 1 aromatic heterocycles. The number of piperazine rings is 1. The van der Waals surface area contributed by atoms with Gasteiger partial charge in [0.05, 0.1) is 13.2 Å². The Balaban J connectivity index is 1.20. The summed E-state index contributed by atoms with van der Waals surface area (Å²) < 4.78 is 5.41. The Hall–Kier alpha value is -2.70. The van der Waals surface area contributed by atoms with E-state index >= 15 is 0 Å². The Morgan fingerprint density at radius 2 is 1.34 bits per heavy atom.